The van der Waals surface area contributed by atoms with Gasteiger partial charge in [0.1, 0.15) is 18.4 Å². The third-order valence-corrected chi connectivity index (χ3v) is 6.08. The Hall–Kier alpha value is -2.24. The fraction of sp³-hybridized carbons (Fsp3) is 0.524. The lowest BCUT2D eigenvalue weighted by Crippen LogP contribution is -2.60. The molecule has 3 rings (SSSR count). The van der Waals surface area contributed by atoms with Gasteiger partial charge in [0, 0.05) is 25.3 Å². The number of amides is 2. The normalized spacial score (nSPS) is 20.4. The monoisotopic (exact) mass is 527 g/mol. The van der Waals surface area contributed by atoms with Crippen LogP contribution in [0.3, 0.4) is 0 Å². The van der Waals surface area contributed by atoms with Crippen molar-refractivity contribution < 1.29 is 28.6 Å². The molecular formula is C21H26BrN3O6S. The average molecular weight is 528 g/mol. The summed E-state index contributed by atoms with van der Waals surface area (Å²) in [6.45, 7) is 3.92. The van der Waals surface area contributed by atoms with Crippen LogP contribution in [0.25, 0.3) is 0 Å². The molecule has 0 saturated carbocycles. The van der Waals surface area contributed by atoms with Gasteiger partial charge in [0.15, 0.2) is 5.11 Å². The van der Waals surface area contributed by atoms with Crippen molar-refractivity contribution >= 4 is 51.0 Å². The van der Waals surface area contributed by atoms with Gasteiger partial charge in [0.25, 0.3) is 5.91 Å². The fourth-order valence-corrected chi connectivity index (χ4v) is 4.30. The topological polar surface area (TPSA) is 106 Å². The number of benzene rings is 1. The van der Waals surface area contributed by atoms with Crippen molar-refractivity contribution in [1.82, 2.24) is 15.5 Å². The van der Waals surface area contributed by atoms with Crippen molar-refractivity contribution in [3.63, 3.8) is 0 Å². The maximum Gasteiger partial charge on any atom is 0.308 e. The van der Waals surface area contributed by atoms with Gasteiger partial charge in [0.05, 0.1) is 23.6 Å². The molecule has 2 aliphatic heterocycles. The summed E-state index contributed by atoms with van der Waals surface area (Å²) in [5, 5.41) is 5.45. The highest BCUT2D eigenvalue weighted by atomic mass is 79.9. The van der Waals surface area contributed by atoms with Gasteiger partial charge in [-0.1, -0.05) is 0 Å². The molecule has 0 aliphatic carbocycles. The summed E-state index contributed by atoms with van der Waals surface area (Å²) in [5.41, 5.74) is 0.372. The van der Waals surface area contributed by atoms with Crippen LogP contribution in [-0.2, 0) is 19.1 Å². The lowest BCUT2D eigenvalue weighted by molar-refractivity contribution is -0.150. The molecule has 0 aromatic heterocycles. The smallest absolute Gasteiger partial charge is 0.308 e. The summed E-state index contributed by atoms with van der Waals surface area (Å²) in [7, 11) is 0. The third kappa shape index (κ3) is 6.39. The molecule has 0 bridgehead atoms. The molecule has 1 aromatic carbocycles. The van der Waals surface area contributed by atoms with E-state index in [0.29, 0.717) is 42.1 Å². The predicted octanol–water partition coefficient (Wildman–Crippen LogP) is 1.78. The minimum Gasteiger partial charge on any atom is -0.493 e. The van der Waals surface area contributed by atoms with E-state index in [1.54, 1.807) is 23.1 Å². The first-order chi connectivity index (χ1) is 15.4. The van der Waals surface area contributed by atoms with Crippen molar-refractivity contribution in [2.24, 2.45) is 0 Å². The lowest BCUT2D eigenvalue weighted by Gasteiger charge is -2.36. The molecule has 2 saturated heterocycles. The van der Waals surface area contributed by atoms with Gasteiger partial charge < -0.3 is 24.4 Å². The molecular weight excluding hydrogens is 502 g/mol. The van der Waals surface area contributed by atoms with Gasteiger partial charge in [-0.25, -0.2) is 0 Å². The first kappa shape index (κ1) is 24.4. The second kappa shape index (κ2) is 11.6. The van der Waals surface area contributed by atoms with E-state index in [1.165, 1.54) is 0 Å². The quantitative estimate of drug-likeness (QED) is 0.408. The number of thiocarbonyl (C=S) groups is 1. The lowest BCUT2D eigenvalue weighted by atomic mass is 10.1. The Bertz CT molecular complexity index is 877. The van der Waals surface area contributed by atoms with Crippen molar-refractivity contribution in [3.05, 3.63) is 28.2 Å². The first-order valence-corrected chi connectivity index (χ1v) is 11.7. The summed E-state index contributed by atoms with van der Waals surface area (Å²) < 4.78 is 16.8. The second-order valence-corrected chi connectivity index (χ2v) is 8.60. The third-order valence-electron chi connectivity index (χ3n) is 5.12. The van der Waals surface area contributed by atoms with Gasteiger partial charge >= 0.3 is 5.97 Å². The predicted molar refractivity (Wildman–Crippen MR) is 123 cm³/mol. The molecule has 11 heteroatoms. The van der Waals surface area contributed by atoms with Crippen LogP contribution in [0.2, 0.25) is 0 Å². The van der Waals surface area contributed by atoms with Crippen LogP contribution in [-0.4, -0.2) is 72.9 Å². The van der Waals surface area contributed by atoms with E-state index in [2.05, 4.69) is 26.6 Å². The number of carbonyl (C=O) groups is 3. The van der Waals surface area contributed by atoms with Gasteiger partial charge in [-0.3, -0.25) is 19.7 Å². The zero-order chi connectivity index (χ0) is 23.1. The highest BCUT2D eigenvalue weighted by Crippen LogP contribution is 2.26. The van der Waals surface area contributed by atoms with Crippen LogP contribution in [0, 0.1) is 0 Å². The molecule has 2 heterocycles. The first-order valence-electron chi connectivity index (χ1n) is 10.5. The molecule has 2 N–H and O–H groups in total. The standard InChI is InChI=1S/C21H26BrN3O6S/c1-2-29-17-6-5-13(10-15(17)22)19(27)24-21(32)25-8-7-23-20(28)16(25)11-18(26)31-12-14-4-3-9-30-14/h5-6,10,14,16H,2-4,7-9,11-12H2,1H3,(H,23,28)(H,24,27,32). The Morgan fingerprint density at radius 3 is 2.91 bits per heavy atom. The van der Waals surface area contributed by atoms with Gasteiger partial charge in [-0.15, -0.1) is 0 Å². The summed E-state index contributed by atoms with van der Waals surface area (Å²) in [6.07, 6.45) is 1.52. The highest BCUT2D eigenvalue weighted by Gasteiger charge is 2.34. The number of ether oxygens (including phenoxy) is 3. The number of carbonyl (C=O) groups excluding carboxylic acids is 3. The molecule has 0 spiro atoms. The fourth-order valence-electron chi connectivity index (χ4n) is 3.49. The van der Waals surface area contributed by atoms with E-state index in [4.69, 9.17) is 26.4 Å². The van der Waals surface area contributed by atoms with Crippen LogP contribution >= 0.6 is 28.1 Å². The van der Waals surface area contributed by atoms with Gasteiger partial charge in [-0.05, 0) is 66.1 Å². The Morgan fingerprint density at radius 2 is 2.22 bits per heavy atom. The Kier molecular flexibility index (Phi) is 8.83. The number of esters is 1. The Morgan fingerprint density at radius 1 is 1.41 bits per heavy atom. The number of halogens is 1. The van der Waals surface area contributed by atoms with Gasteiger partial charge in [0.2, 0.25) is 5.91 Å². The number of hydrogen-bond donors (Lipinski definition) is 2. The molecule has 2 amide bonds. The molecule has 0 radical (unpaired) electrons. The molecule has 174 valence electrons. The summed E-state index contributed by atoms with van der Waals surface area (Å²) in [5.74, 6) is -0.659. The summed E-state index contributed by atoms with van der Waals surface area (Å²) in [6, 6.07) is 4.08. The van der Waals surface area contributed by atoms with Crippen LogP contribution in [0.5, 0.6) is 5.75 Å². The van der Waals surface area contributed by atoms with Crippen LogP contribution in [0.15, 0.2) is 22.7 Å². The number of rotatable bonds is 7. The van der Waals surface area contributed by atoms with E-state index in [-0.39, 0.29) is 30.2 Å². The molecule has 2 unspecified atom stereocenters. The molecule has 32 heavy (non-hydrogen) atoms. The van der Waals surface area contributed by atoms with E-state index in [9.17, 15) is 14.4 Å². The minimum absolute atomic E-state index is 0.0757. The molecule has 2 aliphatic rings. The van der Waals surface area contributed by atoms with Crippen molar-refractivity contribution in [3.8, 4) is 5.75 Å². The second-order valence-electron chi connectivity index (χ2n) is 7.36. The maximum absolute atomic E-state index is 12.7. The molecule has 1 aromatic rings. The number of piperazine rings is 1. The molecule has 2 atom stereocenters. The Balaban J connectivity index is 1.60. The Labute approximate surface area is 200 Å². The van der Waals surface area contributed by atoms with Crippen molar-refractivity contribution in [2.75, 3.05) is 32.9 Å². The van der Waals surface area contributed by atoms with Crippen molar-refractivity contribution in [1.29, 1.82) is 0 Å². The van der Waals surface area contributed by atoms with E-state index < -0.39 is 17.9 Å². The number of nitrogens with one attached hydrogen (secondary N) is 2. The summed E-state index contributed by atoms with van der Waals surface area (Å²) in [4.78, 5) is 39.0. The average Bonchev–Trinajstić information content (AvgIpc) is 3.29. The number of hydrogen-bond acceptors (Lipinski definition) is 7. The van der Waals surface area contributed by atoms with E-state index >= 15 is 0 Å². The highest BCUT2D eigenvalue weighted by molar-refractivity contribution is 9.10. The largest absolute Gasteiger partial charge is 0.493 e. The maximum atomic E-state index is 12.7. The van der Waals surface area contributed by atoms with Crippen LogP contribution in [0.1, 0.15) is 36.5 Å². The van der Waals surface area contributed by atoms with Crippen LogP contribution in [0.4, 0.5) is 0 Å². The van der Waals surface area contributed by atoms with Crippen LogP contribution < -0.4 is 15.4 Å². The minimum atomic E-state index is -0.861. The van der Waals surface area contributed by atoms with Gasteiger partial charge in [-0.2, -0.15) is 0 Å². The van der Waals surface area contributed by atoms with Crippen molar-refractivity contribution in [2.45, 2.75) is 38.3 Å². The van der Waals surface area contributed by atoms with E-state index in [0.717, 1.165) is 12.8 Å². The zero-order valence-corrected chi connectivity index (χ0v) is 20.1. The van der Waals surface area contributed by atoms with E-state index in [1.807, 2.05) is 6.92 Å². The molecule has 2 fully saturated rings. The SMILES string of the molecule is CCOc1ccc(C(=O)NC(=S)N2CCNC(=O)C2CC(=O)OCC2CCCO2)cc1Br. The number of nitrogens with zero attached hydrogens (tertiary/aromatic N) is 1. The molecule has 9 nitrogen and oxygen atoms in total. The zero-order valence-electron chi connectivity index (χ0n) is 17.7. The summed E-state index contributed by atoms with van der Waals surface area (Å²) >= 11 is 8.77.